The molecule has 0 aliphatic heterocycles. The van der Waals surface area contributed by atoms with Gasteiger partial charge in [-0.2, -0.15) is 4.91 Å². The normalized spacial score (nSPS) is 35.6. The molecule has 0 spiro atoms. The number of rotatable bonds is 1. The van der Waals surface area contributed by atoms with Crippen LogP contribution in [0.25, 0.3) is 0 Å². The minimum absolute atomic E-state index is 0.0370. The van der Waals surface area contributed by atoms with E-state index in [0.29, 0.717) is 5.92 Å². The van der Waals surface area contributed by atoms with E-state index in [1.165, 1.54) is 0 Å². The Kier molecular flexibility index (Phi) is 1.42. The van der Waals surface area contributed by atoms with Crippen molar-refractivity contribution in [3.05, 3.63) is 17.1 Å². The molecule has 0 N–H and O–H groups in total. The summed E-state index contributed by atoms with van der Waals surface area (Å²) in [5.74, 6) is 0.553. The standard InChI is InChI=1S/C6H9NO/c1-5-2-3-6(4-5)7-8/h2-3,5-6H,4H2,1H3/t5-,6+/m0/s1. The largest absolute Gasteiger partial charge is 0.150 e. The van der Waals surface area contributed by atoms with Crippen LogP contribution in [0.3, 0.4) is 0 Å². The van der Waals surface area contributed by atoms with Gasteiger partial charge < -0.3 is 0 Å². The van der Waals surface area contributed by atoms with E-state index in [1.54, 1.807) is 0 Å². The molecule has 1 aliphatic carbocycles. The predicted molar refractivity (Wildman–Crippen MR) is 32.5 cm³/mol. The van der Waals surface area contributed by atoms with E-state index < -0.39 is 0 Å². The number of nitroso groups, excluding NO2 is 1. The highest BCUT2D eigenvalue weighted by molar-refractivity contribution is 5.04. The Morgan fingerprint density at radius 1 is 1.62 bits per heavy atom. The third-order valence-corrected chi connectivity index (χ3v) is 1.41. The van der Waals surface area contributed by atoms with Gasteiger partial charge >= 0.3 is 0 Å². The summed E-state index contributed by atoms with van der Waals surface area (Å²) in [5, 5.41) is 2.90. The van der Waals surface area contributed by atoms with E-state index >= 15 is 0 Å². The van der Waals surface area contributed by atoms with Crippen LogP contribution in [0, 0.1) is 10.8 Å². The quantitative estimate of drug-likeness (QED) is 0.374. The molecule has 1 aliphatic rings. The third kappa shape index (κ3) is 0.941. The molecule has 0 aromatic heterocycles. The summed E-state index contributed by atoms with van der Waals surface area (Å²) in [6.45, 7) is 2.08. The van der Waals surface area contributed by atoms with Gasteiger partial charge in [0.05, 0.1) is 0 Å². The second-order valence-electron chi connectivity index (χ2n) is 2.27. The van der Waals surface area contributed by atoms with E-state index in [9.17, 15) is 4.91 Å². The van der Waals surface area contributed by atoms with E-state index in [-0.39, 0.29) is 6.04 Å². The lowest BCUT2D eigenvalue weighted by Gasteiger charge is -1.95. The average Bonchev–Trinajstić information content (AvgIpc) is 2.14. The lowest BCUT2D eigenvalue weighted by atomic mass is 10.1. The first-order valence-corrected chi connectivity index (χ1v) is 2.83. The maximum absolute atomic E-state index is 9.85. The van der Waals surface area contributed by atoms with Gasteiger partial charge in [0.25, 0.3) is 0 Å². The summed E-state index contributed by atoms with van der Waals surface area (Å²) in [7, 11) is 0. The summed E-state index contributed by atoms with van der Waals surface area (Å²) < 4.78 is 0. The Bertz CT molecular complexity index is 120. The van der Waals surface area contributed by atoms with Crippen molar-refractivity contribution >= 4 is 0 Å². The molecule has 44 valence electrons. The van der Waals surface area contributed by atoms with E-state index in [0.717, 1.165) is 6.42 Å². The summed E-state index contributed by atoms with van der Waals surface area (Å²) >= 11 is 0. The molecule has 0 amide bonds. The molecule has 0 aromatic carbocycles. The van der Waals surface area contributed by atoms with Crippen LogP contribution in [0.15, 0.2) is 17.3 Å². The van der Waals surface area contributed by atoms with Gasteiger partial charge in [0, 0.05) is 0 Å². The molecule has 0 unspecified atom stereocenters. The van der Waals surface area contributed by atoms with Crippen molar-refractivity contribution < 1.29 is 0 Å². The lowest BCUT2D eigenvalue weighted by Crippen LogP contribution is -1.95. The maximum Gasteiger partial charge on any atom is 0.111 e. The molecule has 0 aromatic rings. The van der Waals surface area contributed by atoms with Crippen LogP contribution >= 0.6 is 0 Å². The maximum atomic E-state index is 9.85. The molecule has 0 saturated heterocycles. The lowest BCUT2D eigenvalue weighted by molar-refractivity contribution is 0.639. The third-order valence-electron chi connectivity index (χ3n) is 1.41. The van der Waals surface area contributed by atoms with Crippen LogP contribution in [0.5, 0.6) is 0 Å². The molecule has 2 atom stereocenters. The van der Waals surface area contributed by atoms with E-state index in [2.05, 4.69) is 12.1 Å². The zero-order chi connectivity index (χ0) is 5.98. The summed E-state index contributed by atoms with van der Waals surface area (Å²) in [6, 6.07) is -0.0370. The van der Waals surface area contributed by atoms with Crippen molar-refractivity contribution in [1.29, 1.82) is 0 Å². The van der Waals surface area contributed by atoms with Crippen molar-refractivity contribution in [3.8, 4) is 0 Å². The molecule has 0 saturated carbocycles. The summed E-state index contributed by atoms with van der Waals surface area (Å²) in [4.78, 5) is 9.85. The molecular weight excluding hydrogens is 102 g/mol. The van der Waals surface area contributed by atoms with Crippen LogP contribution < -0.4 is 0 Å². The Labute approximate surface area is 48.6 Å². The molecule has 0 fully saturated rings. The first-order valence-electron chi connectivity index (χ1n) is 2.83. The van der Waals surface area contributed by atoms with Crippen LogP contribution in [0.4, 0.5) is 0 Å². The molecular formula is C6H9NO. The molecule has 0 bridgehead atoms. The number of hydrogen-bond donors (Lipinski definition) is 0. The van der Waals surface area contributed by atoms with Crippen molar-refractivity contribution in [3.63, 3.8) is 0 Å². The first kappa shape index (κ1) is 5.48. The second-order valence-corrected chi connectivity index (χ2v) is 2.27. The number of allylic oxidation sites excluding steroid dienone is 1. The topological polar surface area (TPSA) is 29.4 Å². The smallest absolute Gasteiger partial charge is 0.111 e. The predicted octanol–water partition coefficient (Wildman–Crippen LogP) is 1.72. The SMILES string of the molecule is C[C@H]1C=C[C@@H](N=O)C1. The van der Waals surface area contributed by atoms with Gasteiger partial charge in [-0.3, -0.25) is 0 Å². The molecule has 8 heavy (non-hydrogen) atoms. The monoisotopic (exact) mass is 111 g/mol. The van der Waals surface area contributed by atoms with E-state index in [1.807, 2.05) is 12.2 Å². The Morgan fingerprint density at radius 2 is 2.38 bits per heavy atom. The van der Waals surface area contributed by atoms with Crippen LogP contribution in [0.2, 0.25) is 0 Å². The van der Waals surface area contributed by atoms with Gasteiger partial charge in [0.1, 0.15) is 6.04 Å². The molecule has 0 radical (unpaired) electrons. The number of nitrogens with zero attached hydrogens (tertiary/aromatic N) is 1. The minimum Gasteiger partial charge on any atom is -0.150 e. The van der Waals surface area contributed by atoms with Crippen LogP contribution in [-0.2, 0) is 0 Å². The van der Waals surface area contributed by atoms with Crippen LogP contribution in [0.1, 0.15) is 13.3 Å². The first-order chi connectivity index (χ1) is 3.83. The van der Waals surface area contributed by atoms with Gasteiger partial charge in [0.15, 0.2) is 0 Å². The Hall–Kier alpha value is -0.660. The summed E-state index contributed by atoms with van der Waals surface area (Å²) in [6.07, 6.45) is 4.81. The zero-order valence-corrected chi connectivity index (χ0v) is 4.87. The van der Waals surface area contributed by atoms with Crippen molar-refractivity contribution in [2.24, 2.45) is 11.1 Å². The fourth-order valence-corrected chi connectivity index (χ4v) is 0.934. The Morgan fingerprint density at radius 3 is 2.62 bits per heavy atom. The van der Waals surface area contributed by atoms with Gasteiger partial charge in [-0.25, -0.2) is 0 Å². The molecule has 0 heterocycles. The van der Waals surface area contributed by atoms with Gasteiger partial charge in [-0.15, -0.1) is 0 Å². The highest BCUT2D eigenvalue weighted by Crippen LogP contribution is 2.18. The van der Waals surface area contributed by atoms with Crippen LogP contribution in [-0.4, -0.2) is 6.04 Å². The van der Waals surface area contributed by atoms with Gasteiger partial charge in [-0.05, 0) is 12.3 Å². The van der Waals surface area contributed by atoms with Gasteiger partial charge in [-0.1, -0.05) is 24.3 Å². The number of hydrogen-bond acceptors (Lipinski definition) is 2. The minimum atomic E-state index is -0.0370. The fraction of sp³-hybridized carbons (Fsp3) is 0.667. The fourth-order valence-electron chi connectivity index (χ4n) is 0.934. The highest BCUT2D eigenvalue weighted by atomic mass is 16.3. The van der Waals surface area contributed by atoms with Crippen molar-refractivity contribution in [2.45, 2.75) is 19.4 Å². The summed E-state index contributed by atoms with van der Waals surface area (Å²) in [5.41, 5.74) is 0. The van der Waals surface area contributed by atoms with Crippen molar-refractivity contribution in [1.82, 2.24) is 0 Å². The second kappa shape index (κ2) is 2.07. The average molecular weight is 111 g/mol. The van der Waals surface area contributed by atoms with Gasteiger partial charge in [0.2, 0.25) is 0 Å². The Balaban J connectivity index is 2.45. The van der Waals surface area contributed by atoms with E-state index in [4.69, 9.17) is 0 Å². The van der Waals surface area contributed by atoms with Crippen molar-refractivity contribution in [2.75, 3.05) is 0 Å². The molecule has 2 heteroatoms. The highest BCUT2D eigenvalue weighted by Gasteiger charge is 2.13. The molecule has 2 nitrogen and oxygen atoms in total. The zero-order valence-electron chi connectivity index (χ0n) is 4.87. The molecule has 1 rings (SSSR count).